The molecule has 2 aromatic rings. The Labute approximate surface area is 143 Å². The first kappa shape index (κ1) is 15.2. The van der Waals surface area contributed by atoms with Crippen LogP contribution in [-0.2, 0) is 6.54 Å². The molecule has 0 unspecified atom stereocenters. The molecular weight excluding hydrogens is 296 g/mol. The second kappa shape index (κ2) is 6.65. The normalized spacial score (nSPS) is 17.2. The molecule has 3 heterocycles. The Morgan fingerprint density at radius 2 is 2.00 bits per heavy atom. The minimum Gasteiger partial charge on any atom is -0.387 e. The maximum absolute atomic E-state index is 4.32. The predicted octanol–water partition coefficient (Wildman–Crippen LogP) is 3.29. The number of rotatable bonds is 3. The van der Waals surface area contributed by atoms with Gasteiger partial charge in [-0.05, 0) is 86.1 Å². The van der Waals surface area contributed by atoms with Crippen molar-refractivity contribution >= 4 is 11.8 Å². The van der Waals surface area contributed by atoms with E-state index in [1.54, 1.807) is 0 Å². The summed E-state index contributed by atoms with van der Waals surface area (Å²) < 4.78 is 0. The van der Waals surface area contributed by atoms with Crippen molar-refractivity contribution < 1.29 is 0 Å². The molecule has 2 aliphatic rings. The molecule has 1 aromatic carbocycles. The molecule has 0 aliphatic carbocycles. The molecule has 4 nitrogen and oxygen atoms in total. The Balaban J connectivity index is 1.73. The van der Waals surface area contributed by atoms with Gasteiger partial charge in [-0.25, -0.2) is 0 Å². The van der Waals surface area contributed by atoms with E-state index in [2.05, 4.69) is 51.3 Å². The Morgan fingerprint density at radius 1 is 1.12 bits per heavy atom. The van der Waals surface area contributed by atoms with Crippen molar-refractivity contribution in [3.05, 3.63) is 53.5 Å². The summed E-state index contributed by atoms with van der Waals surface area (Å²) >= 11 is 0. The van der Waals surface area contributed by atoms with Gasteiger partial charge < -0.3 is 16.0 Å². The second-order valence-corrected chi connectivity index (χ2v) is 6.66. The molecular formula is C20H24N4. The highest BCUT2D eigenvalue weighted by Crippen LogP contribution is 2.32. The van der Waals surface area contributed by atoms with Crippen LogP contribution in [0.2, 0.25) is 0 Å². The van der Waals surface area contributed by atoms with E-state index < -0.39 is 0 Å². The fourth-order valence-corrected chi connectivity index (χ4v) is 3.56. The van der Waals surface area contributed by atoms with Crippen LogP contribution in [0.5, 0.6) is 0 Å². The van der Waals surface area contributed by atoms with Gasteiger partial charge in [0, 0.05) is 35.7 Å². The largest absolute Gasteiger partial charge is 0.387 e. The van der Waals surface area contributed by atoms with Crippen molar-refractivity contribution in [1.29, 1.82) is 0 Å². The third-order valence-electron chi connectivity index (χ3n) is 4.87. The summed E-state index contributed by atoms with van der Waals surface area (Å²) in [6, 6.07) is 9.39. The van der Waals surface area contributed by atoms with E-state index >= 15 is 0 Å². The average Bonchev–Trinajstić information content (AvgIpc) is 2.62. The van der Waals surface area contributed by atoms with Crippen LogP contribution in [0.25, 0.3) is 17.2 Å². The quantitative estimate of drug-likeness (QED) is 0.812. The highest BCUT2D eigenvalue weighted by Gasteiger charge is 2.17. The molecule has 24 heavy (non-hydrogen) atoms. The second-order valence-electron chi connectivity index (χ2n) is 6.66. The summed E-state index contributed by atoms with van der Waals surface area (Å²) in [4.78, 5) is 4.32. The van der Waals surface area contributed by atoms with E-state index in [9.17, 15) is 0 Å². The number of nitrogens with zero attached hydrogens (tertiary/aromatic N) is 1. The summed E-state index contributed by atoms with van der Waals surface area (Å²) in [5.41, 5.74) is 7.46. The Hall–Kier alpha value is -2.33. The van der Waals surface area contributed by atoms with Crippen LogP contribution in [0, 0.1) is 6.92 Å². The summed E-state index contributed by atoms with van der Waals surface area (Å²) in [5, 5.41) is 10.6. The first-order valence-electron chi connectivity index (χ1n) is 8.77. The number of pyridine rings is 1. The number of aromatic nitrogens is 1. The van der Waals surface area contributed by atoms with Gasteiger partial charge in [0.05, 0.1) is 0 Å². The van der Waals surface area contributed by atoms with E-state index in [1.165, 1.54) is 40.8 Å². The molecule has 1 fully saturated rings. The van der Waals surface area contributed by atoms with Crippen molar-refractivity contribution in [2.45, 2.75) is 32.4 Å². The maximum atomic E-state index is 4.32. The lowest BCUT2D eigenvalue weighted by atomic mass is 9.95. The molecule has 4 rings (SSSR count). The number of hydrogen-bond donors (Lipinski definition) is 3. The molecule has 4 heteroatoms. The summed E-state index contributed by atoms with van der Waals surface area (Å²) in [6.07, 6.45) is 8.46. The smallest absolute Gasteiger partial charge is 0.0421 e. The fraction of sp³-hybridized carbons (Fsp3) is 0.350. The third kappa shape index (κ3) is 3.15. The summed E-state index contributed by atoms with van der Waals surface area (Å²) in [6.45, 7) is 5.12. The molecule has 124 valence electrons. The highest BCUT2D eigenvalue weighted by molar-refractivity contribution is 5.77. The number of piperidine rings is 1. The van der Waals surface area contributed by atoms with Gasteiger partial charge in [0.15, 0.2) is 0 Å². The van der Waals surface area contributed by atoms with E-state index in [4.69, 9.17) is 0 Å². The molecule has 1 saturated heterocycles. The molecule has 0 radical (unpaired) electrons. The predicted molar refractivity (Wildman–Crippen MR) is 99.8 cm³/mol. The zero-order valence-corrected chi connectivity index (χ0v) is 14.1. The van der Waals surface area contributed by atoms with E-state index in [0.717, 1.165) is 25.3 Å². The number of fused-ring (bicyclic) bond motifs is 1. The van der Waals surface area contributed by atoms with Crippen LogP contribution in [-0.4, -0.2) is 24.1 Å². The van der Waals surface area contributed by atoms with Gasteiger partial charge in [-0.3, -0.25) is 4.98 Å². The van der Waals surface area contributed by atoms with Crippen molar-refractivity contribution in [1.82, 2.24) is 15.6 Å². The zero-order valence-electron chi connectivity index (χ0n) is 14.1. The molecule has 0 bridgehead atoms. The molecule has 3 N–H and O–H groups in total. The van der Waals surface area contributed by atoms with Crippen LogP contribution in [0.4, 0.5) is 5.69 Å². The van der Waals surface area contributed by atoms with Gasteiger partial charge in [0.25, 0.3) is 0 Å². The number of aryl methyl sites for hydroxylation is 1. The topological polar surface area (TPSA) is 49.0 Å². The SMILES string of the molecule is Cc1cc(-c2cc3c(c(NC4CCNCC4)c2)CNC=C3)ccn1. The molecule has 1 aromatic heterocycles. The fourth-order valence-electron chi connectivity index (χ4n) is 3.56. The molecule has 0 amide bonds. The third-order valence-corrected chi connectivity index (χ3v) is 4.87. The zero-order chi connectivity index (χ0) is 16.4. The van der Waals surface area contributed by atoms with E-state index in [1.807, 2.05) is 19.3 Å². The molecule has 0 atom stereocenters. The Bertz CT molecular complexity index is 760. The van der Waals surface area contributed by atoms with Crippen molar-refractivity contribution in [2.75, 3.05) is 18.4 Å². The van der Waals surface area contributed by atoms with Crippen LogP contribution in [0.1, 0.15) is 29.7 Å². The Morgan fingerprint density at radius 3 is 2.83 bits per heavy atom. The van der Waals surface area contributed by atoms with Crippen LogP contribution >= 0.6 is 0 Å². The van der Waals surface area contributed by atoms with Crippen molar-refractivity contribution in [3.8, 4) is 11.1 Å². The Kier molecular flexibility index (Phi) is 4.22. The van der Waals surface area contributed by atoms with Gasteiger partial charge >= 0.3 is 0 Å². The number of hydrogen-bond acceptors (Lipinski definition) is 4. The van der Waals surface area contributed by atoms with Gasteiger partial charge in [0.2, 0.25) is 0 Å². The highest BCUT2D eigenvalue weighted by atomic mass is 15.0. The standard InChI is InChI=1S/C20H24N4/c1-14-10-15(3-9-23-14)17-11-16-2-6-22-13-19(16)20(12-17)24-18-4-7-21-8-5-18/h2-3,6,9-12,18,21-22,24H,4-5,7-8,13H2,1H3. The van der Waals surface area contributed by atoms with Crippen LogP contribution in [0.15, 0.2) is 36.7 Å². The lowest BCUT2D eigenvalue weighted by molar-refractivity contribution is 0.479. The monoisotopic (exact) mass is 320 g/mol. The minimum atomic E-state index is 0.552. The van der Waals surface area contributed by atoms with E-state index in [0.29, 0.717) is 6.04 Å². The van der Waals surface area contributed by atoms with Gasteiger partial charge in [-0.2, -0.15) is 0 Å². The molecule has 2 aliphatic heterocycles. The summed E-state index contributed by atoms with van der Waals surface area (Å²) in [5.74, 6) is 0. The van der Waals surface area contributed by atoms with Gasteiger partial charge in [-0.15, -0.1) is 0 Å². The van der Waals surface area contributed by atoms with Crippen molar-refractivity contribution in [2.24, 2.45) is 0 Å². The van der Waals surface area contributed by atoms with Crippen LogP contribution in [0.3, 0.4) is 0 Å². The average molecular weight is 320 g/mol. The lowest BCUT2D eigenvalue weighted by Gasteiger charge is -2.28. The lowest BCUT2D eigenvalue weighted by Crippen LogP contribution is -2.35. The number of benzene rings is 1. The first-order valence-corrected chi connectivity index (χ1v) is 8.77. The minimum absolute atomic E-state index is 0.552. The van der Waals surface area contributed by atoms with E-state index in [-0.39, 0.29) is 0 Å². The molecule has 0 saturated carbocycles. The number of nitrogens with one attached hydrogen (secondary N) is 3. The number of anilines is 1. The maximum Gasteiger partial charge on any atom is 0.0421 e. The van der Waals surface area contributed by atoms with Crippen molar-refractivity contribution in [3.63, 3.8) is 0 Å². The van der Waals surface area contributed by atoms with Gasteiger partial charge in [-0.1, -0.05) is 0 Å². The molecule has 0 spiro atoms. The van der Waals surface area contributed by atoms with Gasteiger partial charge in [0.1, 0.15) is 0 Å². The summed E-state index contributed by atoms with van der Waals surface area (Å²) in [7, 11) is 0. The first-order chi connectivity index (χ1) is 11.8. The van der Waals surface area contributed by atoms with Crippen LogP contribution < -0.4 is 16.0 Å².